The molecule has 2 atom stereocenters. The van der Waals surface area contributed by atoms with Gasteiger partial charge >= 0.3 is 5.37 Å². The molecule has 0 unspecified atom stereocenters. The smallest absolute Gasteiger partial charge is 0.316 e. The summed E-state index contributed by atoms with van der Waals surface area (Å²) in [5, 5.41) is -0.403. The van der Waals surface area contributed by atoms with Gasteiger partial charge in [0.25, 0.3) is 0 Å². The lowest BCUT2D eigenvalue weighted by molar-refractivity contribution is 0.111. The molecule has 0 spiro atoms. The van der Waals surface area contributed by atoms with E-state index in [4.69, 9.17) is 16.3 Å². The summed E-state index contributed by atoms with van der Waals surface area (Å²) in [6, 6.07) is 0.354. The molecule has 1 amide bonds. The predicted octanol–water partition coefficient (Wildman–Crippen LogP) is 0.996. The zero-order valence-electron chi connectivity index (χ0n) is 8.86. The second-order valence-corrected chi connectivity index (χ2v) is 4.14. The number of likely N-dealkylation sites (N-methyl/N-ethyl adjacent to an activating group) is 2. The minimum atomic E-state index is -0.403. The molecule has 0 N–H and O–H groups in total. The number of carbonyl (C=O) groups excluding carboxylic acids is 1. The van der Waals surface area contributed by atoms with E-state index in [1.807, 2.05) is 7.05 Å². The third-order valence-corrected chi connectivity index (χ3v) is 3.06. The van der Waals surface area contributed by atoms with Crippen LogP contribution in [0.25, 0.3) is 0 Å². The highest BCUT2D eigenvalue weighted by atomic mass is 35.5. The Morgan fingerprint density at radius 2 is 2.36 bits per heavy atom. The van der Waals surface area contributed by atoms with Crippen molar-refractivity contribution >= 4 is 17.0 Å². The van der Waals surface area contributed by atoms with Crippen molar-refractivity contribution in [3.63, 3.8) is 0 Å². The third kappa shape index (κ3) is 2.83. The summed E-state index contributed by atoms with van der Waals surface area (Å²) in [5.74, 6) is 0. The molecule has 0 bridgehead atoms. The van der Waals surface area contributed by atoms with E-state index >= 15 is 0 Å². The molecule has 0 aromatic carbocycles. The number of likely N-dealkylation sites (tertiary alicyclic amines) is 1. The Hall–Kier alpha value is -0.320. The first-order valence-electron chi connectivity index (χ1n) is 4.68. The summed E-state index contributed by atoms with van der Waals surface area (Å²) in [7, 11) is 5.47. The molecule has 1 aliphatic rings. The van der Waals surface area contributed by atoms with Gasteiger partial charge in [-0.1, -0.05) is 0 Å². The second kappa shape index (κ2) is 4.96. The molecule has 5 heteroatoms. The van der Waals surface area contributed by atoms with Crippen molar-refractivity contribution in [3.8, 4) is 0 Å². The molecule has 0 saturated carbocycles. The molecule has 0 radical (unpaired) electrons. The minimum Gasteiger partial charge on any atom is -0.380 e. The Morgan fingerprint density at radius 3 is 2.79 bits per heavy atom. The Labute approximate surface area is 89.8 Å². The van der Waals surface area contributed by atoms with Gasteiger partial charge in [0, 0.05) is 33.3 Å². The van der Waals surface area contributed by atoms with E-state index in [2.05, 4.69) is 4.90 Å². The number of methoxy groups -OCH3 is 1. The molecule has 0 aromatic rings. The number of amides is 1. The number of carbonyl (C=O) groups is 1. The molecule has 0 aliphatic carbocycles. The Morgan fingerprint density at radius 1 is 1.71 bits per heavy atom. The standard InChI is InChI=1S/C9H17ClN2O2/c1-11-6-8(14-3)4-7(11)5-12(2)9(10)13/h7-8H,4-6H2,1-3H3/t7-,8-/m0/s1. The maximum absolute atomic E-state index is 10.8. The van der Waals surface area contributed by atoms with Crippen molar-refractivity contribution in [2.45, 2.75) is 18.6 Å². The van der Waals surface area contributed by atoms with E-state index in [-0.39, 0.29) is 6.10 Å². The number of halogens is 1. The minimum absolute atomic E-state index is 0.281. The highest BCUT2D eigenvalue weighted by Gasteiger charge is 2.30. The average Bonchev–Trinajstić information content (AvgIpc) is 2.47. The van der Waals surface area contributed by atoms with Gasteiger partial charge in [0.05, 0.1) is 6.10 Å². The molecule has 1 saturated heterocycles. The van der Waals surface area contributed by atoms with Gasteiger partial charge in [-0.25, -0.2) is 0 Å². The molecule has 82 valence electrons. The number of nitrogens with zero attached hydrogens (tertiary/aromatic N) is 2. The van der Waals surface area contributed by atoms with Crippen molar-refractivity contribution < 1.29 is 9.53 Å². The van der Waals surface area contributed by atoms with Crippen molar-refractivity contribution in [1.82, 2.24) is 9.80 Å². The van der Waals surface area contributed by atoms with Gasteiger partial charge in [0.2, 0.25) is 0 Å². The van der Waals surface area contributed by atoms with Crippen LogP contribution in [0.5, 0.6) is 0 Å². The SMILES string of the molecule is CO[C@H]1C[C@@H](CN(C)C(=O)Cl)N(C)C1. The summed E-state index contributed by atoms with van der Waals surface area (Å²) in [6.07, 6.45) is 1.24. The Bertz CT molecular complexity index is 213. The van der Waals surface area contributed by atoms with Gasteiger partial charge in [-0.05, 0) is 25.1 Å². The lowest BCUT2D eigenvalue weighted by atomic mass is 10.2. The first-order valence-corrected chi connectivity index (χ1v) is 5.06. The van der Waals surface area contributed by atoms with Crippen LogP contribution in [0, 0.1) is 0 Å². The van der Waals surface area contributed by atoms with Crippen LogP contribution >= 0.6 is 11.6 Å². The summed E-state index contributed by atoms with van der Waals surface area (Å²) in [4.78, 5) is 14.6. The van der Waals surface area contributed by atoms with Crippen LogP contribution in [0.1, 0.15) is 6.42 Å². The molecule has 14 heavy (non-hydrogen) atoms. The van der Waals surface area contributed by atoms with Gasteiger partial charge in [0.1, 0.15) is 0 Å². The molecule has 1 aliphatic heterocycles. The molecule has 1 heterocycles. The van der Waals surface area contributed by atoms with E-state index in [0.29, 0.717) is 12.6 Å². The summed E-state index contributed by atoms with van der Waals surface area (Å²) in [6.45, 7) is 1.59. The fraction of sp³-hybridized carbons (Fsp3) is 0.889. The van der Waals surface area contributed by atoms with Crippen molar-refractivity contribution in [2.75, 3.05) is 34.3 Å². The van der Waals surface area contributed by atoms with Crippen LogP contribution in [0.4, 0.5) is 4.79 Å². The fourth-order valence-corrected chi connectivity index (χ4v) is 1.87. The van der Waals surface area contributed by atoms with E-state index in [9.17, 15) is 4.79 Å². The number of hydrogen-bond donors (Lipinski definition) is 0. The lowest BCUT2D eigenvalue weighted by Crippen LogP contribution is -2.37. The number of hydrogen-bond acceptors (Lipinski definition) is 3. The summed E-state index contributed by atoms with van der Waals surface area (Å²) < 4.78 is 5.28. The maximum atomic E-state index is 10.8. The molecular formula is C9H17ClN2O2. The number of rotatable bonds is 3. The zero-order chi connectivity index (χ0) is 10.7. The molecule has 1 fully saturated rings. The van der Waals surface area contributed by atoms with Crippen LogP contribution in [0.15, 0.2) is 0 Å². The van der Waals surface area contributed by atoms with Crippen molar-refractivity contribution in [2.24, 2.45) is 0 Å². The Kier molecular flexibility index (Phi) is 4.16. The van der Waals surface area contributed by atoms with Gasteiger partial charge in [-0.15, -0.1) is 0 Å². The van der Waals surface area contributed by atoms with Gasteiger partial charge in [-0.2, -0.15) is 0 Å². The van der Waals surface area contributed by atoms with E-state index in [1.165, 1.54) is 4.90 Å². The molecule has 0 aromatic heterocycles. The van der Waals surface area contributed by atoms with Gasteiger partial charge in [-0.3, -0.25) is 9.69 Å². The zero-order valence-corrected chi connectivity index (χ0v) is 9.62. The highest BCUT2D eigenvalue weighted by Crippen LogP contribution is 2.18. The van der Waals surface area contributed by atoms with Crippen LogP contribution in [0.3, 0.4) is 0 Å². The topological polar surface area (TPSA) is 32.8 Å². The highest BCUT2D eigenvalue weighted by molar-refractivity contribution is 6.62. The normalized spacial score (nSPS) is 28.0. The monoisotopic (exact) mass is 220 g/mol. The van der Waals surface area contributed by atoms with E-state index in [0.717, 1.165) is 13.0 Å². The van der Waals surface area contributed by atoms with Crippen LogP contribution < -0.4 is 0 Å². The third-order valence-electron chi connectivity index (χ3n) is 2.77. The Balaban J connectivity index is 2.42. The van der Waals surface area contributed by atoms with Gasteiger partial charge < -0.3 is 9.64 Å². The summed E-state index contributed by atoms with van der Waals surface area (Å²) >= 11 is 5.36. The molecule has 4 nitrogen and oxygen atoms in total. The average molecular weight is 221 g/mol. The first-order chi connectivity index (χ1) is 6.54. The summed E-state index contributed by atoms with van der Waals surface area (Å²) in [5.41, 5.74) is 0. The second-order valence-electron chi connectivity index (χ2n) is 3.82. The van der Waals surface area contributed by atoms with E-state index in [1.54, 1.807) is 14.2 Å². The van der Waals surface area contributed by atoms with Crippen LogP contribution in [-0.4, -0.2) is 61.6 Å². The van der Waals surface area contributed by atoms with Crippen molar-refractivity contribution in [3.05, 3.63) is 0 Å². The van der Waals surface area contributed by atoms with Gasteiger partial charge in [0.15, 0.2) is 0 Å². The largest absolute Gasteiger partial charge is 0.380 e. The van der Waals surface area contributed by atoms with Crippen molar-refractivity contribution in [1.29, 1.82) is 0 Å². The molecular weight excluding hydrogens is 204 g/mol. The lowest BCUT2D eigenvalue weighted by Gasteiger charge is -2.23. The maximum Gasteiger partial charge on any atom is 0.316 e. The van der Waals surface area contributed by atoms with E-state index < -0.39 is 5.37 Å². The number of ether oxygens (including phenoxy) is 1. The van der Waals surface area contributed by atoms with Crippen LogP contribution in [-0.2, 0) is 4.74 Å². The van der Waals surface area contributed by atoms with Crippen LogP contribution in [0.2, 0.25) is 0 Å². The quantitative estimate of drug-likeness (QED) is 0.526. The predicted molar refractivity (Wildman–Crippen MR) is 55.7 cm³/mol. The molecule has 1 rings (SSSR count). The first kappa shape index (κ1) is 11.8. The fourth-order valence-electron chi connectivity index (χ4n) is 1.80.